The number of rotatable bonds is 8. The van der Waals surface area contributed by atoms with E-state index in [1.807, 2.05) is 97.8 Å². The fourth-order valence-electron chi connectivity index (χ4n) is 5.64. The van der Waals surface area contributed by atoms with Crippen molar-refractivity contribution in [2.24, 2.45) is 0 Å². The number of aromatic amines is 1. The van der Waals surface area contributed by atoms with Gasteiger partial charge in [0.2, 0.25) is 0 Å². The second-order valence-corrected chi connectivity index (χ2v) is 19.6. The summed E-state index contributed by atoms with van der Waals surface area (Å²) in [5.74, 6) is 0. The molecule has 0 atom stereocenters. The van der Waals surface area contributed by atoms with Gasteiger partial charge in [-0.3, -0.25) is 14.5 Å². The Kier molecular flexibility index (Phi) is 14.7. The summed E-state index contributed by atoms with van der Waals surface area (Å²) in [6, 6.07) is 24.4. The number of halogens is 2. The number of aromatic nitrogens is 6. The van der Waals surface area contributed by atoms with E-state index in [2.05, 4.69) is 106 Å². The lowest BCUT2D eigenvalue weighted by atomic mass is 9.78. The van der Waals surface area contributed by atoms with Crippen molar-refractivity contribution in [2.75, 3.05) is 6.61 Å². The monoisotopic (exact) mass is 930 g/mol. The molecular formula is C45H57BBr2N6O5. The third-order valence-electron chi connectivity index (χ3n) is 9.71. The molecular weight excluding hydrogens is 875 g/mol. The lowest BCUT2D eigenvalue weighted by molar-refractivity contribution is 0.00578. The van der Waals surface area contributed by atoms with E-state index in [0.29, 0.717) is 13.1 Å². The Morgan fingerprint density at radius 2 is 1.00 bits per heavy atom. The zero-order valence-corrected chi connectivity index (χ0v) is 38.9. The summed E-state index contributed by atoms with van der Waals surface area (Å²) >= 11 is 6.79. The number of epoxide rings is 1. The summed E-state index contributed by atoms with van der Waals surface area (Å²) in [6.45, 7) is 21.4. The van der Waals surface area contributed by atoms with Crippen molar-refractivity contribution >= 4 is 44.4 Å². The van der Waals surface area contributed by atoms with Crippen LogP contribution in [0.5, 0.6) is 0 Å². The number of nitrogens with zero attached hydrogens (tertiary/aromatic N) is 5. The van der Waals surface area contributed by atoms with Gasteiger partial charge < -0.3 is 24.3 Å². The van der Waals surface area contributed by atoms with Crippen LogP contribution in [-0.2, 0) is 27.1 Å². The first-order chi connectivity index (χ1) is 27.5. The molecule has 5 heterocycles. The number of benzene rings is 3. The van der Waals surface area contributed by atoms with E-state index in [1.165, 1.54) is 5.56 Å². The largest absolute Gasteiger partial charge is 0.494 e. The van der Waals surface area contributed by atoms with Gasteiger partial charge in [-0.05, 0) is 116 Å². The van der Waals surface area contributed by atoms with Crippen molar-refractivity contribution in [1.82, 2.24) is 29.8 Å². The Hall–Kier alpha value is -3.89. The zero-order chi connectivity index (χ0) is 43.2. The van der Waals surface area contributed by atoms with Gasteiger partial charge in [0.05, 0.1) is 66.3 Å². The van der Waals surface area contributed by atoms with Crippen LogP contribution in [0.15, 0.2) is 119 Å². The molecule has 8 rings (SSSR count). The van der Waals surface area contributed by atoms with Crippen LogP contribution in [0.2, 0.25) is 0 Å². The normalized spacial score (nSPS) is 16.2. The van der Waals surface area contributed by atoms with E-state index in [-0.39, 0.29) is 23.9 Å². The molecule has 0 radical (unpaired) electrons. The van der Waals surface area contributed by atoms with Gasteiger partial charge in [0, 0.05) is 44.2 Å². The van der Waals surface area contributed by atoms with Crippen LogP contribution in [0.4, 0.5) is 0 Å². The summed E-state index contributed by atoms with van der Waals surface area (Å²) in [6.07, 6.45) is 11.2. The summed E-state index contributed by atoms with van der Waals surface area (Å²) in [5, 5.41) is 34.9. The maximum Gasteiger partial charge on any atom is 0.494 e. The first kappa shape index (κ1) is 46.2. The molecule has 59 heavy (non-hydrogen) atoms. The minimum Gasteiger partial charge on any atom is -0.399 e. The number of hydrogen-bond acceptors (Lipinski definition) is 8. The maximum atomic E-state index is 9.90. The molecule has 0 bridgehead atoms. The molecule has 2 fully saturated rings. The lowest BCUT2D eigenvalue weighted by Gasteiger charge is -2.32. The third-order valence-corrected chi connectivity index (χ3v) is 10.8. The Morgan fingerprint density at radius 3 is 1.34 bits per heavy atom. The minimum atomic E-state index is -0.788. The van der Waals surface area contributed by atoms with Crippen molar-refractivity contribution in [1.29, 1.82) is 0 Å². The molecule has 0 unspecified atom stereocenters. The van der Waals surface area contributed by atoms with Gasteiger partial charge in [0.25, 0.3) is 0 Å². The van der Waals surface area contributed by atoms with Crippen LogP contribution in [0.1, 0.15) is 69.2 Å². The number of nitrogens with one attached hydrogen (secondary N) is 1. The van der Waals surface area contributed by atoms with Gasteiger partial charge in [0.1, 0.15) is 0 Å². The molecule has 14 heteroatoms. The molecule has 2 saturated heterocycles. The molecule has 0 amide bonds. The lowest BCUT2D eigenvalue weighted by Crippen LogP contribution is -2.41. The molecule has 3 aromatic carbocycles. The van der Waals surface area contributed by atoms with E-state index >= 15 is 0 Å². The first-order valence-electron chi connectivity index (χ1n) is 19.6. The van der Waals surface area contributed by atoms with Crippen LogP contribution in [0.3, 0.4) is 0 Å². The van der Waals surface area contributed by atoms with E-state index in [0.717, 1.165) is 48.8 Å². The molecule has 0 aliphatic carbocycles. The Labute approximate surface area is 365 Å². The SMILES string of the molecule is Brc1ccc(-c2cn[nH]c2)cc1.CC(C)(O)Cn1cc(-c2ccc(B3OC(C)(C)C(C)(C)O3)cc2)cn1.CC(C)(O)Cn1cc(-c2ccc(Br)cc2)cn1.CC1(C)CO1. The molecule has 3 N–H and O–H groups in total. The summed E-state index contributed by atoms with van der Waals surface area (Å²) < 4.78 is 22.7. The van der Waals surface area contributed by atoms with E-state index in [4.69, 9.17) is 14.0 Å². The molecule has 2 aliphatic heterocycles. The van der Waals surface area contributed by atoms with Crippen LogP contribution in [0, 0.1) is 0 Å². The highest BCUT2D eigenvalue weighted by Gasteiger charge is 2.51. The van der Waals surface area contributed by atoms with Crippen molar-refractivity contribution in [3.8, 4) is 33.4 Å². The molecule has 11 nitrogen and oxygen atoms in total. The highest BCUT2D eigenvalue weighted by atomic mass is 79.9. The average Bonchev–Trinajstić information content (AvgIpc) is 3.69. The molecule has 0 spiro atoms. The van der Waals surface area contributed by atoms with Gasteiger partial charge in [-0.1, -0.05) is 80.4 Å². The van der Waals surface area contributed by atoms with E-state index in [1.54, 1.807) is 37.1 Å². The second-order valence-electron chi connectivity index (χ2n) is 17.7. The summed E-state index contributed by atoms with van der Waals surface area (Å²) in [7, 11) is -0.350. The highest BCUT2D eigenvalue weighted by Crippen LogP contribution is 2.36. The van der Waals surface area contributed by atoms with Crippen molar-refractivity contribution in [3.05, 3.63) is 119 Å². The summed E-state index contributed by atoms with van der Waals surface area (Å²) in [4.78, 5) is 0. The van der Waals surface area contributed by atoms with E-state index in [9.17, 15) is 10.2 Å². The highest BCUT2D eigenvalue weighted by molar-refractivity contribution is 9.10. The predicted octanol–water partition coefficient (Wildman–Crippen LogP) is 9.34. The topological polar surface area (TPSA) is 136 Å². The van der Waals surface area contributed by atoms with Gasteiger partial charge in [-0.25, -0.2) is 0 Å². The third kappa shape index (κ3) is 14.4. The van der Waals surface area contributed by atoms with Crippen LogP contribution in [-0.4, -0.2) is 81.7 Å². The molecule has 6 aromatic rings. The number of ether oxygens (including phenoxy) is 1. The zero-order valence-electron chi connectivity index (χ0n) is 35.7. The number of aliphatic hydroxyl groups is 2. The molecule has 314 valence electrons. The predicted molar refractivity (Wildman–Crippen MR) is 243 cm³/mol. The maximum absolute atomic E-state index is 9.90. The van der Waals surface area contributed by atoms with Crippen molar-refractivity contribution < 1.29 is 24.3 Å². The van der Waals surface area contributed by atoms with Gasteiger partial charge in [0.15, 0.2) is 0 Å². The summed E-state index contributed by atoms with van der Waals surface area (Å²) in [5.41, 5.74) is 5.60. The quantitative estimate of drug-likeness (QED) is 0.102. The number of H-pyrrole nitrogens is 1. The first-order valence-corrected chi connectivity index (χ1v) is 21.2. The van der Waals surface area contributed by atoms with Crippen LogP contribution in [0.25, 0.3) is 33.4 Å². The minimum absolute atomic E-state index is 0.250. The fraction of sp³-hybridized carbons (Fsp3) is 0.400. The van der Waals surface area contributed by atoms with Crippen LogP contribution < -0.4 is 5.46 Å². The van der Waals surface area contributed by atoms with Gasteiger partial charge >= 0.3 is 7.12 Å². The van der Waals surface area contributed by atoms with Crippen molar-refractivity contribution in [2.45, 2.75) is 110 Å². The van der Waals surface area contributed by atoms with Crippen molar-refractivity contribution in [3.63, 3.8) is 0 Å². The molecule has 3 aromatic heterocycles. The Bertz CT molecular complexity index is 2180. The molecule has 2 aliphatic rings. The second kappa shape index (κ2) is 18.8. The van der Waals surface area contributed by atoms with Gasteiger partial charge in [-0.2, -0.15) is 15.3 Å². The standard InChI is InChI=1S/C19H27BN2O3.C13H15BrN2O.C9H7BrN2.C4H8O/c1-17(2,23)13-22-12-15(11-21-22)14-7-9-16(10-8-14)20-24-18(3,4)19(5,6)25-20;1-13(2,17)9-16-8-11(7-15-16)10-3-5-12(14)6-4-10;10-9-3-1-7(2-4-9)8-5-11-12-6-8;1-4(2)3-5-4/h7-12,23H,13H2,1-6H3;3-8,17H,9H2,1-2H3;1-6H,(H,11,12);3H2,1-2H3. The van der Waals surface area contributed by atoms with Gasteiger partial charge in [-0.15, -0.1) is 0 Å². The smallest absolute Gasteiger partial charge is 0.399 e. The fourth-order valence-corrected chi connectivity index (χ4v) is 6.17. The average molecular weight is 933 g/mol. The van der Waals surface area contributed by atoms with E-state index < -0.39 is 11.2 Å². The molecule has 0 saturated carbocycles. The Balaban J connectivity index is 0.000000167. The van der Waals surface area contributed by atoms with Crippen LogP contribution >= 0.6 is 31.9 Å². The number of hydrogen-bond donors (Lipinski definition) is 3. The Morgan fingerprint density at radius 1 is 0.627 bits per heavy atom.